The standard InChI is InChI=1S/C11H11BrN4/c1-2-9-4-10(13)16-11(15-9)7-3-8(12)6-14-5-7/h3-6H,2H2,1H3,(H2,13,15,16). The second-order valence-electron chi connectivity index (χ2n) is 3.35. The Labute approximate surface area is 102 Å². The quantitative estimate of drug-likeness (QED) is 0.917. The van der Waals surface area contributed by atoms with E-state index in [1.807, 2.05) is 13.0 Å². The topological polar surface area (TPSA) is 64.7 Å². The van der Waals surface area contributed by atoms with Gasteiger partial charge >= 0.3 is 0 Å². The van der Waals surface area contributed by atoms with Gasteiger partial charge in [0.15, 0.2) is 5.82 Å². The van der Waals surface area contributed by atoms with Gasteiger partial charge in [0.05, 0.1) is 0 Å². The first-order valence-electron chi connectivity index (χ1n) is 4.93. The van der Waals surface area contributed by atoms with Crippen molar-refractivity contribution in [1.82, 2.24) is 15.0 Å². The summed E-state index contributed by atoms with van der Waals surface area (Å²) in [5, 5.41) is 0. The van der Waals surface area contributed by atoms with Crippen LogP contribution >= 0.6 is 15.9 Å². The Balaban J connectivity index is 2.51. The first-order valence-corrected chi connectivity index (χ1v) is 5.72. The SMILES string of the molecule is CCc1cc(N)nc(-c2cncc(Br)c2)n1. The maximum absolute atomic E-state index is 5.73. The van der Waals surface area contributed by atoms with Crippen molar-refractivity contribution in [3.8, 4) is 11.4 Å². The van der Waals surface area contributed by atoms with E-state index in [9.17, 15) is 0 Å². The van der Waals surface area contributed by atoms with Gasteiger partial charge in [0.25, 0.3) is 0 Å². The zero-order chi connectivity index (χ0) is 11.5. The van der Waals surface area contributed by atoms with Gasteiger partial charge in [0.1, 0.15) is 5.82 Å². The zero-order valence-corrected chi connectivity index (χ0v) is 10.4. The largest absolute Gasteiger partial charge is 0.384 e. The van der Waals surface area contributed by atoms with E-state index >= 15 is 0 Å². The second kappa shape index (κ2) is 4.57. The van der Waals surface area contributed by atoms with Crippen LogP contribution in [0.1, 0.15) is 12.6 Å². The summed E-state index contributed by atoms with van der Waals surface area (Å²) in [4.78, 5) is 12.7. The molecule has 2 heterocycles. The van der Waals surface area contributed by atoms with Gasteiger partial charge in [-0.1, -0.05) is 6.92 Å². The lowest BCUT2D eigenvalue weighted by Gasteiger charge is -2.04. The molecule has 0 atom stereocenters. The Kier molecular flexibility index (Phi) is 3.14. The number of pyridine rings is 1. The summed E-state index contributed by atoms with van der Waals surface area (Å²) in [6.45, 7) is 2.03. The van der Waals surface area contributed by atoms with Crippen LogP contribution in [0.2, 0.25) is 0 Å². The first-order chi connectivity index (χ1) is 7.69. The van der Waals surface area contributed by atoms with E-state index in [-0.39, 0.29) is 0 Å². The summed E-state index contributed by atoms with van der Waals surface area (Å²) in [6.07, 6.45) is 4.27. The highest BCUT2D eigenvalue weighted by molar-refractivity contribution is 9.10. The van der Waals surface area contributed by atoms with Gasteiger partial charge in [-0.25, -0.2) is 9.97 Å². The number of nitrogens with two attached hydrogens (primary N) is 1. The molecule has 16 heavy (non-hydrogen) atoms. The highest BCUT2D eigenvalue weighted by Gasteiger charge is 2.05. The fourth-order valence-electron chi connectivity index (χ4n) is 1.36. The van der Waals surface area contributed by atoms with E-state index in [1.54, 1.807) is 18.5 Å². The fourth-order valence-corrected chi connectivity index (χ4v) is 1.73. The van der Waals surface area contributed by atoms with Crippen LogP contribution in [-0.2, 0) is 6.42 Å². The van der Waals surface area contributed by atoms with Crippen molar-refractivity contribution in [3.05, 3.63) is 34.7 Å². The molecule has 0 unspecified atom stereocenters. The Morgan fingerprint density at radius 3 is 2.75 bits per heavy atom. The molecule has 0 fully saturated rings. The summed E-state index contributed by atoms with van der Waals surface area (Å²) in [5.74, 6) is 1.10. The highest BCUT2D eigenvalue weighted by Crippen LogP contribution is 2.19. The molecule has 82 valence electrons. The van der Waals surface area contributed by atoms with Gasteiger partial charge in [-0.2, -0.15) is 0 Å². The van der Waals surface area contributed by atoms with Crippen LogP contribution in [0.25, 0.3) is 11.4 Å². The average Bonchev–Trinajstić information content (AvgIpc) is 2.28. The minimum Gasteiger partial charge on any atom is -0.384 e. The summed E-state index contributed by atoms with van der Waals surface area (Å²) < 4.78 is 0.897. The zero-order valence-electron chi connectivity index (χ0n) is 8.81. The van der Waals surface area contributed by atoms with Crippen molar-refractivity contribution in [2.45, 2.75) is 13.3 Å². The minimum atomic E-state index is 0.488. The molecule has 0 aliphatic carbocycles. The molecule has 2 aromatic rings. The van der Waals surface area contributed by atoms with Crippen LogP contribution in [0.4, 0.5) is 5.82 Å². The van der Waals surface area contributed by atoms with Crippen molar-refractivity contribution in [1.29, 1.82) is 0 Å². The van der Waals surface area contributed by atoms with E-state index in [2.05, 4.69) is 30.9 Å². The van der Waals surface area contributed by atoms with E-state index in [0.29, 0.717) is 11.6 Å². The van der Waals surface area contributed by atoms with Gasteiger partial charge in [-0.05, 0) is 28.4 Å². The number of aryl methyl sites for hydroxylation is 1. The number of hydrogen-bond acceptors (Lipinski definition) is 4. The second-order valence-corrected chi connectivity index (χ2v) is 4.27. The Bertz CT molecular complexity index is 513. The van der Waals surface area contributed by atoms with E-state index in [0.717, 1.165) is 22.2 Å². The van der Waals surface area contributed by atoms with Crippen LogP contribution in [0, 0.1) is 0 Å². The molecule has 0 amide bonds. The van der Waals surface area contributed by atoms with Crippen LogP contribution < -0.4 is 5.73 Å². The lowest BCUT2D eigenvalue weighted by molar-refractivity contribution is 1.01. The van der Waals surface area contributed by atoms with E-state index in [4.69, 9.17) is 5.73 Å². The third-order valence-electron chi connectivity index (χ3n) is 2.12. The molecule has 2 rings (SSSR count). The number of halogens is 1. The summed E-state index contributed by atoms with van der Waals surface area (Å²) in [5.41, 5.74) is 7.52. The van der Waals surface area contributed by atoms with Crippen molar-refractivity contribution < 1.29 is 0 Å². The number of nitrogen functional groups attached to an aromatic ring is 1. The average molecular weight is 279 g/mol. The van der Waals surface area contributed by atoms with Crippen LogP contribution in [0.5, 0.6) is 0 Å². The number of aromatic nitrogens is 3. The molecule has 4 nitrogen and oxygen atoms in total. The summed E-state index contributed by atoms with van der Waals surface area (Å²) in [6, 6.07) is 3.70. The Hall–Kier alpha value is -1.49. The molecular formula is C11H11BrN4. The lowest BCUT2D eigenvalue weighted by Crippen LogP contribution is -1.99. The summed E-state index contributed by atoms with van der Waals surface area (Å²) >= 11 is 3.36. The number of rotatable bonds is 2. The molecule has 0 bridgehead atoms. The van der Waals surface area contributed by atoms with Crippen LogP contribution in [-0.4, -0.2) is 15.0 Å². The molecule has 2 N–H and O–H groups in total. The predicted octanol–water partition coefficient (Wildman–Crippen LogP) is 2.45. The number of hydrogen-bond donors (Lipinski definition) is 1. The maximum Gasteiger partial charge on any atom is 0.163 e. The molecule has 0 radical (unpaired) electrons. The first kappa shape index (κ1) is 11.0. The minimum absolute atomic E-state index is 0.488. The molecule has 5 heteroatoms. The van der Waals surface area contributed by atoms with Gasteiger partial charge in [-0.15, -0.1) is 0 Å². The normalized spacial score (nSPS) is 10.4. The van der Waals surface area contributed by atoms with Crippen LogP contribution in [0.3, 0.4) is 0 Å². The highest BCUT2D eigenvalue weighted by atomic mass is 79.9. The summed E-state index contributed by atoms with van der Waals surface area (Å²) in [7, 11) is 0. The molecule has 0 saturated carbocycles. The van der Waals surface area contributed by atoms with Crippen molar-refractivity contribution in [3.63, 3.8) is 0 Å². The van der Waals surface area contributed by atoms with Gasteiger partial charge < -0.3 is 5.73 Å². The van der Waals surface area contributed by atoms with Crippen molar-refractivity contribution in [2.24, 2.45) is 0 Å². The number of nitrogens with zero attached hydrogens (tertiary/aromatic N) is 3. The monoisotopic (exact) mass is 278 g/mol. The molecule has 0 spiro atoms. The maximum atomic E-state index is 5.73. The molecule has 2 aromatic heterocycles. The third-order valence-corrected chi connectivity index (χ3v) is 2.56. The van der Waals surface area contributed by atoms with Crippen LogP contribution in [0.15, 0.2) is 29.0 Å². The fraction of sp³-hybridized carbons (Fsp3) is 0.182. The van der Waals surface area contributed by atoms with Gasteiger partial charge in [0.2, 0.25) is 0 Å². The Morgan fingerprint density at radius 1 is 1.25 bits per heavy atom. The molecule has 0 saturated heterocycles. The van der Waals surface area contributed by atoms with Crippen molar-refractivity contribution in [2.75, 3.05) is 5.73 Å². The lowest BCUT2D eigenvalue weighted by atomic mass is 10.2. The molecular weight excluding hydrogens is 268 g/mol. The third kappa shape index (κ3) is 2.36. The number of anilines is 1. The van der Waals surface area contributed by atoms with E-state index in [1.165, 1.54) is 0 Å². The predicted molar refractivity (Wildman–Crippen MR) is 66.8 cm³/mol. The van der Waals surface area contributed by atoms with Gasteiger partial charge in [0, 0.05) is 34.2 Å². The molecule has 0 aliphatic rings. The molecule has 0 aromatic carbocycles. The Morgan fingerprint density at radius 2 is 2.06 bits per heavy atom. The molecule has 0 aliphatic heterocycles. The van der Waals surface area contributed by atoms with Gasteiger partial charge in [-0.3, -0.25) is 4.98 Å². The smallest absolute Gasteiger partial charge is 0.163 e. The van der Waals surface area contributed by atoms with Crippen molar-refractivity contribution >= 4 is 21.7 Å². The van der Waals surface area contributed by atoms with E-state index < -0.39 is 0 Å².